The van der Waals surface area contributed by atoms with Gasteiger partial charge in [-0.15, -0.1) is 0 Å². The molecule has 2 N–H and O–H groups in total. The van der Waals surface area contributed by atoms with Crippen molar-refractivity contribution in [2.24, 2.45) is 10.7 Å². The predicted octanol–water partition coefficient (Wildman–Crippen LogP) is 2.67. The Labute approximate surface area is 153 Å². The van der Waals surface area contributed by atoms with Gasteiger partial charge in [-0.25, -0.2) is 4.39 Å². The summed E-state index contributed by atoms with van der Waals surface area (Å²) in [6, 6.07) is 6.61. The van der Waals surface area contributed by atoms with Gasteiger partial charge >= 0.3 is 0 Å². The number of hydrogen-bond acceptors (Lipinski definition) is 4. The summed E-state index contributed by atoms with van der Waals surface area (Å²) < 4.78 is 18.3. The highest BCUT2D eigenvalue weighted by atomic mass is 19.1. The van der Waals surface area contributed by atoms with Crippen molar-refractivity contribution in [1.29, 1.82) is 0 Å². The summed E-state index contributed by atoms with van der Waals surface area (Å²) in [6.07, 6.45) is 0. The summed E-state index contributed by atoms with van der Waals surface area (Å²) in [6.45, 7) is 9.85. The minimum absolute atomic E-state index is 0.209. The summed E-state index contributed by atoms with van der Waals surface area (Å²) in [5.74, 6) is 1.41. The first kappa shape index (κ1) is 18.2. The van der Waals surface area contributed by atoms with Crippen LogP contribution >= 0.6 is 0 Å². The predicted molar refractivity (Wildman–Crippen MR) is 101 cm³/mol. The Kier molecular flexibility index (Phi) is 5.44. The van der Waals surface area contributed by atoms with Gasteiger partial charge in [-0.1, -0.05) is 12.1 Å². The third-order valence-corrected chi connectivity index (χ3v) is 4.90. The lowest BCUT2D eigenvalue weighted by molar-refractivity contribution is 0.380. The summed E-state index contributed by atoms with van der Waals surface area (Å²) in [7, 11) is 0. The van der Waals surface area contributed by atoms with E-state index in [4.69, 9.17) is 10.3 Å². The minimum atomic E-state index is -0.212. The Bertz CT molecular complexity index is 743. The molecule has 1 aromatic heterocycles. The van der Waals surface area contributed by atoms with E-state index in [9.17, 15) is 4.39 Å². The van der Waals surface area contributed by atoms with Crippen LogP contribution in [0.3, 0.4) is 0 Å². The van der Waals surface area contributed by atoms with Gasteiger partial charge in [-0.05, 0) is 38.1 Å². The summed E-state index contributed by atoms with van der Waals surface area (Å²) in [5.41, 5.74) is 9.26. The molecule has 2 aromatic rings. The van der Waals surface area contributed by atoms with Crippen LogP contribution in [0.1, 0.15) is 29.9 Å². The van der Waals surface area contributed by atoms with Crippen molar-refractivity contribution in [3.63, 3.8) is 0 Å². The van der Waals surface area contributed by atoms with E-state index in [1.165, 1.54) is 12.1 Å². The average molecular weight is 359 g/mol. The smallest absolute Gasteiger partial charge is 0.191 e. The summed E-state index contributed by atoms with van der Waals surface area (Å²) in [4.78, 5) is 8.91. The first-order valence-corrected chi connectivity index (χ1v) is 8.94. The lowest BCUT2D eigenvalue weighted by Crippen LogP contribution is -2.51. The van der Waals surface area contributed by atoms with Crippen molar-refractivity contribution < 1.29 is 8.91 Å². The van der Waals surface area contributed by atoms with Crippen molar-refractivity contribution in [3.8, 4) is 0 Å². The molecule has 140 valence electrons. The van der Waals surface area contributed by atoms with Crippen LogP contribution in [0.4, 0.5) is 10.1 Å². The lowest BCUT2D eigenvalue weighted by Gasteiger charge is -2.36. The maximum Gasteiger partial charge on any atom is 0.191 e. The second kappa shape index (κ2) is 7.76. The third-order valence-electron chi connectivity index (χ3n) is 4.90. The lowest BCUT2D eigenvalue weighted by atomic mass is 10.00. The Balaban J connectivity index is 1.55. The molecule has 1 aliphatic heterocycles. The first-order chi connectivity index (χ1) is 12.5. The van der Waals surface area contributed by atoms with Crippen molar-refractivity contribution >= 4 is 11.6 Å². The van der Waals surface area contributed by atoms with Gasteiger partial charge in [0, 0.05) is 49.9 Å². The van der Waals surface area contributed by atoms with E-state index in [0.29, 0.717) is 12.5 Å². The number of aromatic nitrogens is 1. The number of nitrogens with two attached hydrogens (primary N) is 1. The standard InChI is InChI=1S/C19H26FN5O/c1-13(18-14(2)23-26-15(18)3)12-22-19(21)25-10-8-24(9-11-25)17-6-4-16(20)5-7-17/h4-7,13H,8-12H2,1-3H3,(H2,21,22). The molecular formula is C19H26FN5O. The average Bonchev–Trinajstić information content (AvgIpc) is 2.99. The monoisotopic (exact) mass is 359 g/mol. The molecule has 6 nitrogen and oxygen atoms in total. The van der Waals surface area contributed by atoms with Gasteiger partial charge in [-0.2, -0.15) is 0 Å². The second-order valence-corrected chi connectivity index (χ2v) is 6.79. The fraction of sp³-hybridized carbons (Fsp3) is 0.474. The van der Waals surface area contributed by atoms with Gasteiger partial charge in [0.15, 0.2) is 5.96 Å². The molecule has 26 heavy (non-hydrogen) atoms. The maximum atomic E-state index is 13.1. The van der Waals surface area contributed by atoms with Crippen molar-refractivity contribution in [2.75, 3.05) is 37.6 Å². The van der Waals surface area contributed by atoms with Crippen LogP contribution in [0, 0.1) is 19.7 Å². The number of nitrogens with zero attached hydrogens (tertiary/aromatic N) is 4. The second-order valence-electron chi connectivity index (χ2n) is 6.79. The van der Waals surface area contributed by atoms with Crippen LogP contribution in [0.2, 0.25) is 0 Å². The van der Waals surface area contributed by atoms with Gasteiger partial charge in [0.25, 0.3) is 0 Å². The Hall–Kier alpha value is -2.57. The molecule has 1 saturated heterocycles. The normalized spacial score (nSPS) is 16.8. The molecule has 0 aliphatic carbocycles. The molecular weight excluding hydrogens is 333 g/mol. The number of rotatable bonds is 4. The maximum absolute atomic E-state index is 13.1. The van der Waals surface area contributed by atoms with Crippen LogP contribution in [-0.4, -0.2) is 48.7 Å². The van der Waals surface area contributed by atoms with Gasteiger partial charge in [0.1, 0.15) is 11.6 Å². The van der Waals surface area contributed by atoms with Crippen LogP contribution in [-0.2, 0) is 0 Å². The minimum Gasteiger partial charge on any atom is -0.370 e. The Morgan fingerprint density at radius 1 is 1.23 bits per heavy atom. The highest BCUT2D eigenvalue weighted by Gasteiger charge is 2.20. The number of halogens is 1. The van der Waals surface area contributed by atoms with Gasteiger partial charge in [-0.3, -0.25) is 4.99 Å². The molecule has 1 aliphatic rings. The summed E-state index contributed by atoms with van der Waals surface area (Å²) in [5, 5.41) is 4.00. The SMILES string of the molecule is Cc1noc(C)c1C(C)CN=C(N)N1CCN(c2ccc(F)cc2)CC1. The number of aryl methyl sites for hydroxylation is 2. The molecule has 0 bridgehead atoms. The quantitative estimate of drug-likeness (QED) is 0.671. The van der Waals surface area contributed by atoms with E-state index in [1.54, 1.807) is 0 Å². The van der Waals surface area contributed by atoms with Crippen LogP contribution in [0.5, 0.6) is 0 Å². The first-order valence-electron chi connectivity index (χ1n) is 8.94. The molecule has 0 saturated carbocycles. The highest BCUT2D eigenvalue weighted by Crippen LogP contribution is 2.23. The molecule has 3 rings (SSSR count). The fourth-order valence-corrected chi connectivity index (χ4v) is 3.46. The number of benzene rings is 1. The van der Waals surface area contributed by atoms with Crippen LogP contribution in [0.15, 0.2) is 33.8 Å². The number of hydrogen-bond donors (Lipinski definition) is 1. The Morgan fingerprint density at radius 2 is 1.88 bits per heavy atom. The largest absolute Gasteiger partial charge is 0.370 e. The van der Waals surface area contributed by atoms with Gasteiger partial charge < -0.3 is 20.1 Å². The fourth-order valence-electron chi connectivity index (χ4n) is 3.46. The molecule has 2 heterocycles. The third kappa shape index (κ3) is 3.98. The van der Waals surface area contributed by atoms with Crippen LogP contribution in [0.25, 0.3) is 0 Å². The number of guanidine groups is 1. The van der Waals surface area contributed by atoms with E-state index in [2.05, 4.69) is 26.9 Å². The molecule has 0 amide bonds. The van der Waals surface area contributed by atoms with E-state index in [1.807, 2.05) is 26.0 Å². The van der Waals surface area contributed by atoms with E-state index >= 15 is 0 Å². The Morgan fingerprint density at radius 3 is 2.46 bits per heavy atom. The topological polar surface area (TPSA) is 70.9 Å². The molecule has 1 aromatic carbocycles. The zero-order valence-corrected chi connectivity index (χ0v) is 15.6. The molecule has 1 atom stereocenters. The molecule has 1 unspecified atom stereocenters. The molecule has 1 fully saturated rings. The number of aliphatic imine (C=N–C) groups is 1. The molecule has 7 heteroatoms. The zero-order valence-electron chi connectivity index (χ0n) is 15.6. The van der Waals surface area contributed by atoms with Crippen molar-refractivity contribution in [1.82, 2.24) is 10.1 Å². The van der Waals surface area contributed by atoms with Gasteiger partial charge in [0.2, 0.25) is 0 Å². The van der Waals surface area contributed by atoms with E-state index < -0.39 is 0 Å². The summed E-state index contributed by atoms with van der Waals surface area (Å²) >= 11 is 0. The number of piperazine rings is 1. The van der Waals surface area contributed by atoms with Crippen molar-refractivity contribution in [2.45, 2.75) is 26.7 Å². The van der Waals surface area contributed by atoms with E-state index in [0.717, 1.165) is 48.9 Å². The number of anilines is 1. The zero-order chi connectivity index (χ0) is 18.7. The van der Waals surface area contributed by atoms with Gasteiger partial charge in [0.05, 0.1) is 5.69 Å². The van der Waals surface area contributed by atoms with Crippen molar-refractivity contribution in [3.05, 3.63) is 47.1 Å². The molecule has 0 spiro atoms. The highest BCUT2D eigenvalue weighted by molar-refractivity contribution is 5.78. The molecule has 0 radical (unpaired) electrons. The van der Waals surface area contributed by atoms with Crippen LogP contribution < -0.4 is 10.6 Å². The van der Waals surface area contributed by atoms with E-state index in [-0.39, 0.29) is 11.7 Å².